The zero-order chi connectivity index (χ0) is 22.1. The van der Waals surface area contributed by atoms with E-state index in [0.717, 1.165) is 49.7 Å². The van der Waals surface area contributed by atoms with E-state index in [1.54, 1.807) is 14.2 Å². The van der Waals surface area contributed by atoms with E-state index in [2.05, 4.69) is 25.8 Å². The molecule has 3 amide bonds. The lowest BCUT2D eigenvalue weighted by Gasteiger charge is -2.34. The monoisotopic (exact) mass is 425 g/mol. The van der Waals surface area contributed by atoms with Crippen LogP contribution in [0.15, 0.2) is 48.5 Å². The van der Waals surface area contributed by atoms with E-state index in [1.807, 2.05) is 48.5 Å². The number of likely N-dealkylation sites (N-methyl/N-ethyl adjacent to an activating group) is 1. The van der Waals surface area contributed by atoms with Crippen LogP contribution in [0.25, 0.3) is 0 Å². The average molecular weight is 426 g/mol. The number of carbonyl (C=O) groups is 2. The number of nitrogens with one attached hydrogen (secondary N) is 3. The van der Waals surface area contributed by atoms with E-state index < -0.39 is 0 Å². The van der Waals surface area contributed by atoms with E-state index in [9.17, 15) is 9.59 Å². The molecule has 1 heterocycles. The molecule has 2 aromatic rings. The maximum atomic E-state index is 12.2. The number of nitrogens with zero attached hydrogens (tertiary/aromatic N) is 2. The van der Waals surface area contributed by atoms with Gasteiger partial charge in [-0.3, -0.25) is 14.6 Å². The molecule has 31 heavy (non-hydrogen) atoms. The molecule has 1 fully saturated rings. The van der Waals surface area contributed by atoms with Crippen LogP contribution in [0, 0.1) is 0 Å². The van der Waals surface area contributed by atoms with Crippen molar-refractivity contribution in [2.45, 2.75) is 13.1 Å². The third-order valence-corrected chi connectivity index (χ3v) is 5.34. The minimum atomic E-state index is -0.240. The summed E-state index contributed by atoms with van der Waals surface area (Å²) in [6.07, 6.45) is 0. The number of ether oxygens (including phenoxy) is 1. The average Bonchev–Trinajstić information content (AvgIpc) is 2.80. The number of hydrogen-bond donors (Lipinski definition) is 3. The summed E-state index contributed by atoms with van der Waals surface area (Å²) in [6.45, 7) is 5.42. The summed E-state index contributed by atoms with van der Waals surface area (Å²) in [5, 5.41) is 8.39. The van der Waals surface area contributed by atoms with Gasteiger partial charge in [-0.2, -0.15) is 0 Å². The van der Waals surface area contributed by atoms with E-state index in [4.69, 9.17) is 4.74 Å². The number of carbonyl (C=O) groups excluding carboxylic acids is 2. The van der Waals surface area contributed by atoms with Crippen LogP contribution in [0.3, 0.4) is 0 Å². The maximum Gasteiger partial charge on any atom is 0.319 e. The Bertz CT molecular complexity index is 847. The maximum absolute atomic E-state index is 12.2. The molecule has 8 nitrogen and oxygen atoms in total. The number of benzene rings is 2. The van der Waals surface area contributed by atoms with Gasteiger partial charge in [0, 0.05) is 52.0 Å². The van der Waals surface area contributed by atoms with Gasteiger partial charge in [0.05, 0.1) is 13.7 Å². The summed E-state index contributed by atoms with van der Waals surface area (Å²) in [7, 11) is 3.29. The van der Waals surface area contributed by atoms with Crippen LogP contribution in [0.2, 0.25) is 0 Å². The topological polar surface area (TPSA) is 85.9 Å². The fourth-order valence-corrected chi connectivity index (χ4v) is 3.44. The van der Waals surface area contributed by atoms with Crippen LogP contribution in [-0.2, 0) is 17.9 Å². The number of piperazine rings is 1. The van der Waals surface area contributed by atoms with E-state index in [0.29, 0.717) is 13.1 Å². The van der Waals surface area contributed by atoms with Gasteiger partial charge in [-0.15, -0.1) is 0 Å². The van der Waals surface area contributed by atoms with Gasteiger partial charge in [0.25, 0.3) is 0 Å². The quantitative estimate of drug-likeness (QED) is 0.601. The lowest BCUT2D eigenvalue weighted by Crippen LogP contribution is -2.48. The van der Waals surface area contributed by atoms with Crippen LogP contribution in [0.5, 0.6) is 5.75 Å². The van der Waals surface area contributed by atoms with Gasteiger partial charge in [-0.1, -0.05) is 24.3 Å². The third kappa shape index (κ3) is 7.27. The lowest BCUT2D eigenvalue weighted by atomic mass is 10.1. The van der Waals surface area contributed by atoms with Crippen molar-refractivity contribution in [1.29, 1.82) is 0 Å². The molecule has 0 bridgehead atoms. The molecule has 0 unspecified atom stereocenters. The van der Waals surface area contributed by atoms with E-state index in [-0.39, 0.29) is 11.9 Å². The zero-order valence-electron chi connectivity index (χ0n) is 18.2. The summed E-state index contributed by atoms with van der Waals surface area (Å²) in [4.78, 5) is 28.2. The van der Waals surface area contributed by atoms with Crippen LogP contribution in [0.4, 0.5) is 10.5 Å². The molecule has 3 N–H and O–H groups in total. The molecular formula is C23H31N5O3. The molecule has 1 aliphatic rings. The molecule has 166 valence electrons. The van der Waals surface area contributed by atoms with Gasteiger partial charge in [-0.25, -0.2) is 4.79 Å². The van der Waals surface area contributed by atoms with Crippen LogP contribution < -0.4 is 20.7 Å². The molecule has 0 saturated carbocycles. The number of rotatable bonds is 8. The first-order chi connectivity index (χ1) is 15.1. The summed E-state index contributed by atoms with van der Waals surface area (Å²) in [6, 6.07) is 15.3. The lowest BCUT2D eigenvalue weighted by molar-refractivity contribution is -0.122. The normalized spacial score (nSPS) is 14.6. The van der Waals surface area contributed by atoms with Crippen molar-refractivity contribution in [3.63, 3.8) is 0 Å². The number of anilines is 1. The molecule has 1 aliphatic heterocycles. The molecule has 0 atom stereocenters. The van der Waals surface area contributed by atoms with Crippen molar-refractivity contribution in [1.82, 2.24) is 20.4 Å². The highest BCUT2D eigenvalue weighted by molar-refractivity contribution is 5.89. The van der Waals surface area contributed by atoms with Crippen LogP contribution in [0.1, 0.15) is 11.1 Å². The fraction of sp³-hybridized carbons (Fsp3) is 0.391. The first kappa shape index (κ1) is 22.6. The Morgan fingerprint density at radius 3 is 2.13 bits per heavy atom. The highest BCUT2D eigenvalue weighted by Gasteiger charge is 2.18. The molecule has 0 aliphatic carbocycles. The summed E-state index contributed by atoms with van der Waals surface area (Å²) < 4.78 is 5.13. The van der Waals surface area contributed by atoms with Crippen LogP contribution in [-0.4, -0.2) is 68.6 Å². The van der Waals surface area contributed by atoms with Gasteiger partial charge in [0.15, 0.2) is 0 Å². The Morgan fingerprint density at radius 2 is 1.52 bits per heavy atom. The Morgan fingerprint density at radius 1 is 0.903 bits per heavy atom. The van der Waals surface area contributed by atoms with Crippen LogP contribution >= 0.6 is 0 Å². The second-order valence-corrected chi connectivity index (χ2v) is 7.58. The summed E-state index contributed by atoms with van der Waals surface area (Å²) in [5.74, 6) is 0.851. The van der Waals surface area contributed by atoms with E-state index >= 15 is 0 Å². The Balaban J connectivity index is 1.39. The number of urea groups is 1. The number of methoxy groups -OCH3 is 1. The first-order valence-electron chi connectivity index (χ1n) is 10.5. The molecule has 8 heteroatoms. The van der Waals surface area contributed by atoms with Crippen molar-refractivity contribution >= 4 is 17.6 Å². The van der Waals surface area contributed by atoms with Crippen molar-refractivity contribution < 1.29 is 14.3 Å². The standard InChI is InChI=1S/C23H31N5O3/c1-24-22(29)17-28-13-11-27(12-14-28)16-19-3-7-20(8-4-19)26-23(30)25-15-18-5-9-21(31-2)10-6-18/h3-10H,11-17H2,1-2H3,(H,24,29)(H2,25,26,30). The van der Waals surface area contributed by atoms with Crippen molar-refractivity contribution in [2.75, 3.05) is 52.2 Å². The highest BCUT2D eigenvalue weighted by atomic mass is 16.5. The number of amides is 3. The molecule has 3 rings (SSSR count). The van der Waals surface area contributed by atoms with Gasteiger partial charge < -0.3 is 20.7 Å². The fourth-order valence-electron chi connectivity index (χ4n) is 3.44. The van der Waals surface area contributed by atoms with Gasteiger partial charge in [0.1, 0.15) is 5.75 Å². The predicted molar refractivity (Wildman–Crippen MR) is 121 cm³/mol. The molecule has 2 aromatic carbocycles. The SMILES string of the molecule is CNC(=O)CN1CCN(Cc2ccc(NC(=O)NCc3ccc(OC)cc3)cc2)CC1. The second kappa shape index (κ2) is 11.3. The minimum absolute atomic E-state index is 0.0598. The molecule has 0 radical (unpaired) electrons. The summed E-state index contributed by atoms with van der Waals surface area (Å²) >= 11 is 0. The Kier molecular flexibility index (Phi) is 8.26. The van der Waals surface area contributed by atoms with Gasteiger partial charge in [0.2, 0.25) is 5.91 Å². The Labute approximate surface area is 183 Å². The van der Waals surface area contributed by atoms with Crippen molar-refractivity contribution in [2.24, 2.45) is 0 Å². The van der Waals surface area contributed by atoms with Gasteiger partial charge in [-0.05, 0) is 35.4 Å². The highest BCUT2D eigenvalue weighted by Crippen LogP contribution is 2.14. The second-order valence-electron chi connectivity index (χ2n) is 7.58. The van der Waals surface area contributed by atoms with Crippen molar-refractivity contribution in [3.8, 4) is 5.75 Å². The largest absolute Gasteiger partial charge is 0.497 e. The minimum Gasteiger partial charge on any atom is -0.497 e. The molecule has 0 spiro atoms. The molecular weight excluding hydrogens is 394 g/mol. The number of hydrogen-bond acceptors (Lipinski definition) is 5. The third-order valence-electron chi connectivity index (χ3n) is 5.34. The zero-order valence-corrected chi connectivity index (χ0v) is 18.2. The summed E-state index contributed by atoms with van der Waals surface area (Å²) in [5.41, 5.74) is 2.96. The first-order valence-corrected chi connectivity index (χ1v) is 10.5. The molecule has 1 saturated heterocycles. The van der Waals surface area contributed by atoms with Crippen molar-refractivity contribution in [3.05, 3.63) is 59.7 Å². The smallest absolute Gasteiger partial charge is 0.319 e. The van der Waals surface area contributed by atoms with E-state index in [1.165, 1.54) is 5.56 Å². The Hall–Kier alpha value is -3.10. The molecule has 0 aromatic heterocycles. The predicted octanol–water partition coefficient (Wildman–Crippen LogP) is 1.88. The van der Waals surface area contributed by atoms with Gasteiger partial charge >= 0.3 is 6.03 Å².